The third-order valence-corrected chi connectivity index (χ3v) is 2.41. The second-order valence-electron chi connectivity index (χ2n) is 3.76. The van der Waals surface area contributed by atoms with Gasteiger partial charge in [0.15, 0.2) is 0 Å². The van der Waals surface area contributed by atoms with E-state index in [1.54, 1.807) is 12.1 Å². The van der Waals surface area contributed by atoms with E-state index in [0.29, 0.717) is 16.9 Å². The van der Waals surface area contributed by atoms with Gasteiger partial charge in [-0.1, -0.05) is 0 Å². The quantitative estimate of drug-likeness (QED) is 0.765. The molecule has 0 bridgehead atoms. The summed E-state index contributed by atoms with van der Waals surface area (Å²) in [6.45, 7) is 3.19. The van der Waals surface area contributed by atoms with Crippen molar-refractivity contribution < 1.29 is 23.8 Å². The van der Waals surface area contributed by atoms with Crippen LogP contribution in [0.2, 0.25) is 0 Å². The monoisotopic (exact) mass is 252 g/mol. The van der Waals surface area contributed by atoms with Gasteiger partial charge in [0.2, 0.25) is 0 Å². The zero-order chi connectivity index (χ0) is 13.7. The van der Waals surface area contributed by atoms with Gasteiger partial charge < -0.3 is 14.2 Å². The van der Waals surface area contributed by atoms with Crippen LogP contribution in [0.5, 0.6) is 5.75 Å². The summed E-state index contributed by atoms with van der Waals surface area (Å²) in [5, 5.41) is 0. The Hall–Kier alpha value is -2.04. The molecule has 0 heterocycles. The van der Waals surface area contributed by atoms with Crippen LogP contribution in [-0.2, 0) is 20.9 Å². The van der Waals surface area contributed by atoms with Crippen LogP contribution in [0.3, 0.4) is 0 Å². The fraction of sp³-hybridized carbons (Fsp3) is 0.385. The number of hydrogen-bond acceptors (Lipinski definition) is 5. The van der Waals surface area contributed by atoms with Crippen LogP contribution in [0.25, 0.3) is 0 Å². The van der Waals surface area contributed by atoms with E-state index in [0.717, 1.165) is 5.56 Å². The summed E-state index contributed by atoms with van der Waals surface area (Å²) < 4.78 is 14.8. The van der Waals surface area contributed by atoms with Crippen molar-refractivity contribution in [1.82, 2.24) is 0 Å². The Morgan fingerprint density at radius 1 is 1.22 bits per heavy atom. The molecular formula is C13H16O5. The second-order valence-corrected chi connectivity index (χ2v) is 3.76. The highest BCUT2D eigenvalue weighted by Gasteiger charge is 2.14. The van der Waals surface area contributed by atoms with E-state index in [-0.39, 0.29) is 6.61 Å². The van der Waals surface area contributed by atoms with Crippen LogP contribution >= 0.6 is 0 Å². The van der Waals surface area contributed by atoms with E-state index in [2.05, 4.69) is 4.74 Å². The number of hydrogen-bond donors (Lipinski definition) is 0. The Morgan fingerprint density at radius 2 is 1.89 bits per heavy atom. The van der Waals surface area contributed by atoms with Gasteiger partial charge in [0.25, 0.3) is 0 Å². The standard InChI is InChI=1S/C13H16O5/c1-8-5-10(13(15)17-4)6-11(12(8)16-3)7-18-9(2)14/h5-6H,7H2,1-4H3. The zero-order valence-electron chi connectivity index (χ0n) is 10.9. The Morgan fingerprint density at radius 3 is 2.39 bits per heavy atom. The lowest BCUT2D eigenvalue weighted by Gasteiger charge is -2.13. The van der Waals surface area contributed by atoms with Crippen LogP contribution in [0.15, 0.2) is 12.1 Å². The largest absolute Gasteiger partial charge is 0.496 e. The average molecular weight is 252 g/mol. The van der Waals surface area contributed by atoms with E-state index in [9.17, 15) is 9.59 Å². The van der Waals surface area contributed by atoms with Crippen molar-refractivity contribution in [3.05, 3.63) is 28.8 Å². The summed E-state index contributed by atoms with van der Waals surface area (Å²) in [5.41, 5.74) is 1.81. The zero-order valence-corrected chi connectivity index (χ0v) is 10.9. The molecule has 0 amide bonds. The van der Waals surface area contributed by atoms with E-state index < -0.39 is 11.9 Å². The smallest absolute Gasteiger partial charge is 0.337 e. The SMILES string of the molecule is COC(=O)c1cc(C)c(OC)c(COC(C)=O)c1. The molecule has 98 valence electrons. The van der Waals surface area contributed by atoms with Crippen molar-refractivity contribution in [1.29, 1.82) is 0 Å². The highest BCUT2D eigenvalue weighted by molar-refractivity contribution is 5.90. The van der Waals surface area contributed by atoms with Gasteiger partial charge >= 0.3 is 11.9 Å². The molecule has 5 heteroatoms. The molecule has 0 saturated carbocycles. The van der Waals surface area contributed by atoms with Crippen molar-refractivity contribution in [2.75, 3.05) is 14.2 Å². The first-order valence-corrected chi connectivity index (χ1v) is 5.38. The number of carbonyl (C=O) groups is 2. The minimum atomic E-state index is -0.440. The lowest BCUT2D eigenvalue weighted by Crippen LogP contribution is -2.07. The van der Waals surface area contributed by atoms with Crippen molar-refractivity contribution in [3.63, 3.8) is 0 Å². The fourth-order valence-corrected chi connectivity index (χ4v) is 1.66. The molecule has 0 radical (unpaired) electrons. The first-order chi connectivity index (χ1) is 8.49. The number of benzene rings is 1. The topological polar surface area (TPSA) is 61.8 Å². The molecule has 18 heavy (non-hydrogen) atoms. The van der Waals surface area contributed by atoms with Crippen LogP contribution in [0, 0.1) is 6.92 Å². The maximum Gasteiger partial charge on any atom is 0.337 e. The molecule has 0 N–H and O–H groups in total. The minimum absolute atomic E-state index is 0.0597. The van der Waals surface area contributed by atoms with Crippen LogP contribution in [0.4, 0.5) is 0 Å². The number of esters is 2. The Bertz CT molecular complexity index is 465. The molecule has 1 aromatic rings. The lowest BCUT2D eigenvalue weighted by molar-refractivity contribution is -0.142. The fourth-order valence-electron chi connectivity index (χ4n) is 1.66. The summed E-state index contributed by atoms with van der Waals surface area (Å²) in [6.07, 6.45) is 0. The number of methoxy groups -OCH3 is 2. The molecule has 1 aromatic carbocycles. The van der Waals surface area contributed by atoms with Crippen molar-refractivity contribution in [3.8, 4) is 5.75 Å². The number of aryl methyl sites for hydroxylation is 1. The molecule has 0 aliphatic heterocycles. The molecule has 5 nitrogen and oxygen atoms in total. The second kappa shape index (κ2) is 6.05. The molecule has 1 rings (SSSR count). The molecular weight excluding hydrogens is 236 g/mol. The summed E-state index contributed by atoms with van der Waals surface area (Å²) >= 11 is 0. The van der Waals surface area contributed by atoms with Gasteiger partial charge in [-0.3, -0.25) is 4.79 Å². The van der Waals surface area contributed by atoms with Crippen molar-refractivity contribution in [2.45, 2.75) is 20.5 Å². The molecule has 0 saturated heterocycles. The van der Waals surface area contributed by atoms with Crippen molar-refractivity contribution in [2.24, 2.45) is 0 Å². The Kier molecular flexibility index (Phi) is 4.71. The third kappa shape index (κ3) is 3.23. The first-order valence-electron chi connectivity index (χ1n) is 5.38. The summed E-state index contributed by atoms with van der Waals surface area (Å²) in [6, 6.07) is 3.27. The maximum absolute atomic E-state index is 11.5. The predicted molar refractivity (Wildman–Crippen MR) is 64.5 cm³/mol. The van der Waals surface area contributed by atoms with E-state index in [4.69, 9.17) is 9.47 Å². The number of carbonyl (C=O) groups excluding carboxylic acids is 2. The summed E-state index contributed by atoms with van der Waals surface area (Å²) in [5.74, 6) is -0.230. The molecule has 0 aromatic heterocycles. The van der Waals surface area contributed by atoms with Gasteiger partial charge in [-0.2, -0.15) is 0 Å². The average Bonchev–Trinajstić information content (AvgIpc) is 2.34. The number of rotatable bonds is 4. The van der Waals surface area contributed by atoms with E-state index in [1.165, 1.54) is 21.1 Å². The molecule has 0 aliphatic carbocycles. The molecule has 0 spiro atoms. The van der Waals surface area contributed by atoms with E-state index >= 15 is 0 Å². The molecule has 0 fully saturated rings. The molecule has 0 atom stereocenters. The van der Waals surface area contributed by atoms with Crippen molar-refractivity contribution >= 4 is 11.9 Å². The van der Waals surface area contributed by atoms with Gasteiger partial charge in [-0.15, -0.1) is 0 Å². The van der Waals surface area contributed by atoms with Gasteiger partial charge in [-0.05, 0) is 24.6 Å². The van der Waals surface area contributed by atoms with Crippen LogP contribution in [0.1, 0.15) is 28.4 Å². The Labute approximate surface area is 106 Å². The first kappa shape index (κ1) is 14.0. The highest BCUT2D eigenvalue weighted by Crippen LogP contribution is 2.26. The molecule has 0 unspecified atom stereocenters. The van der Waals surface area contributed by atoms with Gasteiger partial charge in [0.1, 0.15) is 12.4 Å². The van der Waals surface area contributed by atoms with E-state index in [1.807, 2.05) is 6.92 Å². The van der Waals surface area contributed by atoms with Gasteiger partial charge in [0.05, 0.1) is 19.8 Å². The van der Waals surface area contributed by atoms with Gasteiger partial charge in [-0.25, -0.2) is 4.79 Å². The summed E-state index contributed by atoms with van der Waals surface area (Å²) in [7, 11) is 2.84. The number of ether oxygens (including phenoxy) is 3. The highest BCUT2D eigenvalue weighted by atomic mass is 16.5. The van der Waals surface area contributed by atoms with Gasteiger partial charge in [0, 0.05) is 12.5 Å². The summed E-state index contributed by atoms with van der Waals surface area (Å²) in [4.78, 5) is 22.3. The third-order valence-electron chi connectivity index (χ3n) is 2.41. The lowest BCUT2D eigenvalue weighted by atomic mass is 10.1. The van der Waals surface area contributed by atoms with Crippen LogP contribution < -0.4 is 4.74 Å². The maximum atomic E-state index is 11.5. The Balaban J connectivity index is 3.14. The minimum Gasteiger partial charge on any atom is -0.496 e. The molecule has 0 aliphatic rings. The normalized spacial score (nSPS) is 9.78. The van der Waals surface area contributed by atoms with Crippen LogP contribution in [-0.4, -0.2) is 26.2 Å². The predicted octanol–water partition coefficient (Wildman–Crippen LogP) is 1.85.